The first-order chi connectivity index (χ1) is 14.5. The number of nitrogens with zero attached hydrogens (tertiary/aromatic N) is 1. The van der Waals surface area contributed by atoms with Crippen molar-refractivity contribution < 1.29 is 17.9 Å². The number of halogens is 3. The summed E-state index contributed by atoms with van der Waals surface area (Å²) in [5.74, 6) is 1.50. The zero-order valence-electron chi connectivity index (χ0n) is 16.9. The zero-order valence-corrected chi connectivity index (χ0v) is 16.9. The van der Waals surface area contributed by atoms with Crippen molar-refractivity contribution in [3.63, 3.8) is 0 Å². The molecule has 5 heteroatoms. The summed E-state index contributed by atoms with van der Waals surface area (Å²) in [6.07, 6.45) is 2.47. The van der Waals surface area contributed by atoms with E-state index < -0.39 is 11.7 Å². The van der Waals surface area contributed by atoms with Crippen molar-refractivity contribution in [1.29, 1.82) is 0 Å². The van der Waals surface area contributed by atoms with E-state index in [9.17, 15) is 13.2 Å². The molecule has 2 aromatic carbocycles. The Morgan fingerprint density at radius 3 is 2.43 bits per heavy atom. The summed E-state index contributed by atoms with van der Waals surface area (Å²) in [5, 5.41) is 0. The monoisotopic (exact) mass is 411 g/mol. The van der Waals surface area contributed by atoms with E-state index in [0.29, 0.717) is 12.5 Å². The van der Waals surface area contributed by atoms with Crippen molar-refractivity contribution in [1.82, 2.24) is 4.90 Å². The number of alkyl halides is 3. The van der Waals surface area contributed by atoms with Crippen LogP contribution in [-0.2, 0) is 6.18 Å². The second-order valence-electron chi connectivity index (χ2n) is 8.20. The van der Waals surface area contributed by atoms with Crippen LogP contribution in [0.1, 0.15) is 43.7 Å². The number of fused-ring (bicyclic) bond motifs is 3. The number of allylic oxidation sites excluding steroid dienone is 3. The molecule has 0 amide bonds. The molecular formula is C25H24F3NO. The van der Waals surface area contributed by atoms with Gasteiger partial charge in [0, 0.05) is 11.3 Å². The third-order valence-electron chi connectivity index (χ3n) is 6.25. The van der Waals surface area contributed by atoms with Crippen LogP contribution in [0.4, 0.5) is 13.2 Å². The molecule has 5 rings (SSSR count). The Kier molecular flexibility index (Phi) is 4.64. The van der Waals surface area contributed by atoms with Crippen molar-refractivity contribution in [3.8, 4) is 16.9 Å². The smallest absolute Gasteiger partial charge is 0.416 e. The Hall–Kier alpha value is -2.69. The van der Waals surface area contributed by atoms with Gasteiger partial charge < -0.3 is 9.64 Å². The van der Waals surface area contributed by atoms with Gasteiger partial charge in [-0.15, -0.1) is 0 Å². The van der Waals surface area contributed by atoms with E-state index in [1.54, 1.807) is 12.1 Å². The Balaban J connectivity index is 1.58. The predicted octanol–water partition coefficient (Wildman–Crippen LogP) is 6.89. The van der Waals surface area contributed by atoms with Crippen molar-refractivity contribution in [2.75, 3.05) is 13.2 Å². The standard InChI is InChI=1S/C25H24F3NO/c1-2-16-7-11-22(18-3-4-18)29-13-14-30-23-12-8-19(15-21(23)24(16)29)17-5-9-20(10-6-17)25(26,27)28/h5-6,8-12,15,18H,2-4,7,13-14H2,1H3. The molecule has 2 nitrogen and oxygen atoms in total. The van der Waals surface area contributed by atoms with Gasteiger partial charge >= 0.3 is 6.18 Å². The minimum atomic E-state index is -4.32. The van der Waals surface area contributed by atoms with Crippen LogP contribution in [0.5, 0.6) is 5.75 Å². The van der Waals surface area contributed by atoms with E-state index in [1.807, 2.05) is 12.1 Å². The lowest BCUT2D eigenvalue weighted by Gasteiger charge is -2.34. The van der Waals surface area contributed by atoms with Gasteiger partial charge in [0.2, 0.25) is 0 Å². The number of hydrogen-bond donors (Lipinski definition) is 0. The molecule has 0 unspecified atom stereocenters. The number of rotatable bonds is 3. The molecule has 3 aliphatic rings. The molecule has 2 heterocycles. The summed E-state index contributed by atoms with van der Waals surface area (Å²) in [6, 6.07) is 11.4. The van der Waals surface area contributed by atoms with Gasteiger partial charge in [0.05, 0.1) is 17.8 Å². The fourth-order valence-electron chi connectivity index (χ4n) is 4.53. The maximum Gasteiger partial charge on any atom is 0.416 e. The van der Waals surface area contributed by atoms with Gasteiger partial charge in [-0.1, -0.05) is 31.2 Å². The molecule has 0 atom stereocenters. The van der Waals surface area contributed by atoms with E-state index in [4.69, 9.17) is 4.74 Å². The molecule has 2 aromatic rings. The molecule has 30 heavy (non-hydrogen) atoms. The second-order valence-corrected chi connectivity index (χ2v) is 8.20. The fraction of sp³-hybridized carbons (Fsp3) is 0.360. The Morgan fingerprint density at radius 1 is 1.03 bits per heavy atom. The molecule has 1 saturated carbocycles. The largest absolute Gasteiger partial charge is 0.491 e. The molecule has 2 aliphatic heterocycles. The lowest BCUT2D eigenvalue weighted by molar-refractivity contribution is -0.137. The highest BCUT2D eigenvalue weighted by Gasteiger charge is 2.36. The topological polar surface area (TPSA) is 12.5 Å². The molecule has 0 N–H and O–H groups in total. The molecule has 1 fully saturated rings. The second kappa shape index (κ2) is 7.22. The van der Waals surface area contributed by atoms with Crippen LogP contribution < -0.4 is 4.74 Å². The van der Waals surface area contributed by atoms with E-state index >= 15 is 0 Å². The zero-order chi connectivity index (χ0) is 20.9. The average molecular weight is 411 g/mol. The van der Waals surface area contributed by atoms with Crippen LogP contribution in [0.2, 0.25) is 0 Å². The van der Waals surface area contributed by atoms with Crippen LogP contribution in [0.3, 0.4) is 0 Å². The Labute approximate surface area is 174 Å². The van der Waals surface area contributed by atoms with Crippen LogP contribution in [0.25, 0.3) is 16.8 Å². The van der Waals surface area contributed by atoms with Gasteiger partial charge in [0.15, 0.2) is 0 Å². The number of benzene rings is 2. The number of hydrogen-bond acceptors (Lipinski definition) is 2. The summed E-state index contributed by atoms with van der Waals surface area (Å²) in [4.78, 5) is 2.43. The van der Waals surface area contributed by atoms with Gasteiger partial charge in [0.1, 0.15) is 12.4 Å². The van der Waals surface area contributed by atoms with E-state index in [0.717, 1.165) is 54.0 Å². The molecule has 0 spiro atoms. The quantitative estimate of drug-likeness (QED) is 0.546. The lowest BCUT2D eigenvalue weighted by atomic mass is 9.92. The lowest BCUT2D eigenvalue weighted by Crippen LogP contribution is -2.28. The highest BCUT2D eigenvalue weighted by atomic mass is 19.4. The normalized spacial score (nSPS) is 18.9. The first-order valence-electron chi connectivity index (χ1n) is 10.6. The van der Waals surface area contributed by atoms with Crippen LogP contribution >= 0.6 is 0 Å². The van der Waals surface area contributed by atoms with E-state index in [1.165, 1.54) is 29.8 Å². The maximum atomic E-state index is 12.9. The third kappa shape index (κ3) is 3.40. The van der Waals surface area contributed by atoms with Crippen LogP contribution in [0, 0.1) is 5.92 Å². The summed E-state index contributed by atoms with van der Waals surface area (Å²) in [5.41, 5.74) is 6.14. The van der Waals surface area contributed by atoms with Crippen molar-refractivity contribution in [3.05, 3.63) is 70.9 Å². The molecule has 0 saturated heterocycles. The summed E-state index contributed by atoms with van der Waals surface area (Å²) in [6.45, 7) is 3.63. The van der Waals surface area contributed by atoms with E-state index in [-0.39, 0.29) is 0 Å². The first-order valence-corrected chi connectivity index (χ1v) is 10.6. The van der Waals surface area contributed by atoms with Gasteiger partial charge in [-0.05, 0) is 72.6 Å². The van der Waals surface area contributed by atoms with Crippen molar-refractivity contribution >= 4 is 5.70 Å². The number of ether oxygens (including phenoxy) is 1. The minimum Gasteiger partial charge on any atom is -0.491 e. The average Bonchev–Trinajstić information content (AvgIpc) is 3.59. The SMILES string of the molecule is CCC1=C2c3cc(-c4ccc(C(F)(F)F)cc4)ccc3OCCN2C(C2CC2)=CC1. The highest BCUT2D eigenvalue weighted by Crippen LogP contribution is 2.47. The molecule has 0 aromatic heterocycles. The van der Waals surface area contributed by atoms with Gasteiger partial charge in [-0.2, -0.15) is 13.2 Å². The predicted molar refractivity (Wildman–Crippen MR) is 112 cm³/mol. The molecule has 0 bridgehead atoms. The van der Waals surface area contributed by atoms with Crippen molar-refractivity contribution in [2.45, 2.75) is 38.8 Å². The molecule has 0 radical (unpaired) electrons. The van der Waals surface area contributed by atoms with Gasteiger partial charge in [-0.25, -0.2) is 0 Å². The van der Waals surface area contributed by atoms with Crippen molar-refractivity contribution in [2.24, 2.45) is 5.92 Å². The summed E-state index contributed by atoms with van der Waals surface area (Å²) in [7, 11) is 0. The van der Waals surface area contributed by atoms with Crippen LogP contribution in [0.15, 0.2) is 59.8 Å². The fourth-order valence-corrected chi connectivity index (χ4v) is 4.53. The first kappa shape index (κ1) is 19.3. The Bertz CT molecular complexity index is 1030. The Morgan fingerprint density at radius 2 is 1.77 bits per heavy atom. The highest BCUT2D eigenvalue weighted by molar-refractivity contribution is 5.79. The minimum absolute atomic E-state index is 0.622. The van der Waals surface area contributed by atoms with Crippen LogP contribution in [-0.4, -0.2) is 18.1 Å². The maximum absolute atomic E-state index is 12.9. The summed E-state index contributed by atoms with van der Waals surface area (Å²) < 4.78 is 44.9. The third-order valence-corrected chi connectivity index (χ3v) is 6.25. The van der Waals surface area contributed by atoms with Gasteiger partial charge in [0.25, 0.3) is 0 Å². The summed E-state index contributed by atoms with van der Waals surface area (Å²) >= 11 is 0. The molecule has 1 aliphatic carbocycles. The molecular weight excluding hydrogens is 387 g/mol. The molecule has 156 valence electrons. The van der Waals surface area contributed by atoms with E-state index in [2.05, 4.69) is 24.0 Å². The van der Waals surface area contributed by atoms with Gasteiger partial charge in [-0.3, -0.25) is 0 Å².